The van der Waals surface area contributed by atoms with Crippen molar-refractivity contribution < 1.29 is 0 Å². The first-order valence-electron chi connectivity index (χ1n) is 8.88. The fourth-order valence-electron chi connectivity index (χ4n) is 3.23. The van der Waals surface area contributed by atoms with E-state index in [1.165, 1.54) is 0 Å². The third kappa shape index (κ3) is 3.35. The highest BCUT2D eigenvalue weighted by Crippen LogP contribution is 2.36. The highest BCUT2D eigenvalue weighted by atomic mass is 15.1. The molecule has 0 aliphatic rings. The molecule has 4 N–H and O–H groups in total. The van der Waals surface area contributed by atoms with Crippen LogP contribution >= 0.6 is 0 Å². The van der Waals surface area contributed by atoms with Crippen LogP contribution in [0, 0.1) is 0 Å². The Kier molecular flexibility index (Phi) is 4.50. The summed E-state index contributed by atoms with van der Waals surface area (Å²) in [5.74, 6) is 0. The van der Waals surface area contributed by atoms with Crippen molar-refractivity contribution in [2.75, 3.05) is 16.4 Å². The third-order valence-corrected chi connectivity index (χ3v) is 4.61. The predicted octanol–water partition coefficient (Wildman–Crippen LogP) is 5.99. The molecular formula is C24H21N3. The minimum absolute atomic E-state index is 0.603. The lowest BCUT2D eigenvalue weighted by Crippen LogP contribution is -2.09. The molecule has 4 aromatic rings. The van der Waals surface area contributed by atoms with Gasteiger partial charge < -0.3 is 16.4 Å². The van der Waals surface area contributed by atoms with E-state index in [9.17, 15) is 0 Å². The number of rotatable bonds is 4. The van der Waals surface area contributed by atoms with Gasteiger partial charge in [-0.3, -0.25) is 0 Å². The maximum absolute atomic E-state index is 6.16. The average Bonchev–Trinajstić information content (AvgIpc) is 2.73. The van der Waals surface area contributed by atoms with Gasteiger partial charge in [-0.1, -0.05) is 60.7 Å². The Labute approximate surface area is 159 Å². The van der Waals surface area contributed by atoms with Crippen LogP contribution < -0.4 is 16.4 Å². The molecule has 0 aliphatic heterocycles. The second kappa shape index (κ2) is 7.26. The van der Waals surface area contributed by atoms with Crippen LogP contribution in [0.15, 0.2) is 103 Å². The second-order valence-electron chi connectivity index (χ2n) is 6.36. The van der Waals surface area contributed by atoms with Crippen LogP contribution in [0.4, 0.5) is 28.4 Å². The molecule has 0 amide bonds. The van der Waals surface area contributed by atoms with Crippen LogP contribution in [0.2, 0.25) is 0 Å². The number of hydrogen-bond acceptors (Lipinski definition) is 3. The van der Waals surface area contributed by atoms with Gasteiger partial charge in [-0.25, -0.2) is 0 Å². The Bertz CT molecular complexity index is 987. The van der Waals surface area contributed by atoms with Crippen molar-refractivity contribution in [3.8, 4) is 11.1 Å². The molecule has 0 aromatic heterocycles. The Balaban J connectivity index is 1.77. The molecule has 0 bridgehead atoms. The topological polar surface area (TPSA) is 55.3 Å². The Morgan fingerprint density at radius 3 is 1.56 bits per heavy atom. The predicted molar refractivity (Wildman–Crippen MR) is 115 cm³/mol. The summed E-state index contributed by atoms with van der Waals surface area (Å²) in [6.07, 6.45) is 0. The minimum atomic E-state index is 0.603. The maximum Gasteiger partial charge on any atom is 0.0627 e. The van der Waals surface area contributed by atoms with E-state index in [4.69, 9.17) is 11.5 Å². The molecule has 3 heteroatoms. The molecule has 0 aliphatic carbocycles. The third-order valence-electron chi connectivity index (χ3n) is 4.61. The second-order valence-corrected chi connectivity index (χ2v) is 6.36. The summed E-state index contributed by atoms with van der Waals surface area (Å²) < 4.78 is 0. The fourth-order valence-corrected chi connectivity index (χ4v) is 3.23. The van der Waals surface area contributed by atoms with E-state index in [0.29, 0.717) is 11.4 Å². The lowest BCUT2D eigenvalue weighted by molar-refractivity contribution is 1.28. The molecule has 0 atom stereocenters. The van der Waals surface area contributed by atoms with Crippen LogP contribution in [-0.4, -0.2) is 0 Å². The van der Waals surface area contributed by atoms with Crippen LogP contribution in [0.25, 0.3) is 11.1 Å². The smallest absolute Gasteiger partial charge is 0.0627 e. The maximum atomic E-state index is 6.16. The van der Waals surface area contributed by atoms with E-state index in [0.717, 1.165) is 28.2 Å². The van der Waals surface area contributed by atoms with Gasteiger partial charge in [0.25, 0.3) is 0 Å². The summed E-state index contributed by atoms with van der Waals surface area (Å²) >= 11 is 0. The van der Waals surface area contributed by atoms with E-state index < -0.39 is 0 Å². The van der Waals surface area contributed by atoms with Crippen LogP contribution in [0.5, 0.6) is 0 Å². The molecule has 4 rings (SSSR count). The summed E-state index contributed by atoms with van der Waals surface area (Å²) in [5.41, 5.74) is 18.6. The first-order valence-corrected chi connectivity index (χ1v) is 8.88. The number of anilines is 5. The van der Waals surface area contributed by atoms with Crippen LogP contribution in [-0.2, 0) is 0 Å². The number of benzene rings is 4. The number of para-hydroxylation sites is 3. The molecule has 27 heavy (non-hydrogen) atoms. The Hall–Kier alpha value is -3.72. The standard InChI is InChI=1S/C24H21N3/c25-23-13-7-12-22(24(23)26)18-14-16-21(17-15-18)27(19-8-3-1-4-9-19)20-10-5-2-6-11-20/h1-17H,25-26H2. The van der Waals surface area contributed by atoms with E-state index >= 15 is 0 Å². The van der Waals surface area contributed by atoms with Crippen molar-refractivity contribution in [1.29, 1.82) is 0 Å². The first-order chi connectivity index (χ1) is 13.2. The summed E-state index contributed by atoms with van der Waals surface area (Å²) in [6.45, 7) is 0. The molecule has 0 saturated heterocycles. The van der Waals surface area contributed by atoms with Gasteiger partial charge in [-0.2, -0.15) is 0 Å². The van der Waals surface area contributed by atoms with Gasteiger partial charge in [0.05, 0.1) is 11.4 Å². The van der Waals surface area contributed by atoms with Gasteiger partial charge in [0.1, 0.15) is 0 Å². The molecule has 0 fully saturated rings. The first kappa shape index (κ1) is 16.7. The molecule has 132 valence electrons. The Morgan fingerprint density at radius 1 is 0.481 bits per heavy atom. The molecule has 0 radical (unpaired) electrons. The summed E-state index contributed by atoms with van der Waals surface area (Å²) in [4.78, 5) is 2.23. The van der Waals surface area contributed by atoms with Gasteiger partial charge >= 0.3 is 0 Å². The molecule has 0 heterocycles. The number of nitrogens with zero attached hydrogens (tertiary/aromatic N) is 1. The largest absolute Gasteiger partial charge is 0.397 e. The Morgan fingerprint density at radius 2 is 1.00 bits per heavy atom. The van der Waals surface area contributed by atoms with E-state index in [1.807, 2.05) is 54.6 Å². The van der Waals surface area contributed by atoms with E-state index in [1.54, 1.807) is 0 Å². The molecular weight excluding hydrogens is 330 g/mol. The van der Waals surface area contributed by atoms with Crippen molar-refractivity contribution in [3.63, 3.8) is 0 Å². The van der Waals surface area contributed by atoms with Gasteiger partial charge in [-0.15, -0.1) is 0 Å². The monoisotopic (exact) mass is 351 g/mol. The fraction of sp³-hybridized carbons (Fsp3) is 0. The number of hydrogen-bond donors (Lipinski definition) is 2. The van der Waals surface area contributed by atoms with Crippen LogP contribution in [0.3, 0.4) is 0 Å². The van der Waals surface area contributed by atoms with Crippen LogP contribution in [0.1, 0.15) is 0 Å². The van der Waals surface area contributed by atoms with E-state index in [2.05, 4.69) is 53.4 Å². The number of nitrogens with two attached hydrogens (primary N) is 2. The zero-order valence-electron chi connectivity index (χ0n) is 14.9. The highest BCUT2D eigenvalue weighted by molar-refractivity contribution is 5.85. The molecule has 4 aromatic carbocycles. The molecule has 0 unspecified atom stereocenters. The van der Waals surface area contributed by atoms with Gasteiger partial charge in [0, 0.05) is 22.6 Å². The highest BCUT2D eigenvalue weighted by Gasteiger charge is 2.12. The van der Waals surface area contributed by atoms with Gasteiger partial charge in [0.2, 0.25) is 0 Å². The van der Waals surface area contributed by atoms with Crippen molar-refractivity contribution in [2.45, 2.75) is 0 Å². The lowest BCUT2D eigenvalue weighted by atomic mass is 10.0. The number of nitrogen functional groups attached to an aromatic ring is 2. The molecule has 0 saturated carbocycles. The van der Waals surface area contributed by atoms with E-state index in [-0.39, 0.29) is 0 Å². The van der Waals surface area contributed by atoms with Crippen molar-refractivity contribution >= 4 is 28.4 Å². The molecule has 0 spiro atoms. The normalized spacial score (nSPS) is 10.5. The lowest BCUT2D eigenvalue weighted by Gasteiger charge is -2.25. The van der Waals surface area contributed by atoms with Crippen molar-refractivity contribution in [1.82, 2.24) is 0 Å². The van der Waals surface area contributed by atoms with Gasteiger partial charge in [0.15, 0.2) is 0 Å². The zero-order valence-corrected chi connectivity index (χ0v) is 14.9. The average molecular weight is 351 g/mol. The quantitative estimate of drug-likeness (QED) is 0.444. The zero-order chi connectivity index (χ0) is 18.6. The minimum Gasteiger partial charge on any atom is -0.397 e. The SMILES string of the molecule is Nc1cccc(-c2ccc(N(c3ccccc3)c3ccccc3)cc2)c1N. The summed E-state index contributed by atoms with van der Waals surface area (Å²) in [5, 5.41) is 0. The van der Waals surface area contributed by atoms with Crippen molar-refractivity contribution in [3.05, 3.63) is 103 Å². The molecule has 3 nitrogen and oxygen atoms in total. The van der Waals surface area contributed by atoms with Gasteiger partial charge in [-0.05, 0) is 48.0 Å². The summed E-state index contributed by atoms with van der Waals surface area (Å²) in [7, 11) is 0. The van der Waals surface area contributed by atoms with Crippen molar-refractivity contribution in [2.24, 2.45) is 0 Å². The summed E-state index contributed by atoms with van der Waals surface area (Å²) in [6, 6.07) is 34.8.